The SMILES string of the molecule is CCC[CH2][SnH][CH](S)C[Si](C[CH](S)[SnH][CH2]CCC)(c1ccccc1)c1ccccc1. The van der Waals surface area contributed by atoms with E-state index in [-0.39, 0.29) is 0 Å². The van der Waals surface area contributed by atoms with Gasteiger partial charge in [0.05, 0.1) is 0 Å². The molecule has 2 aromatic carbocycles. The Morgan fingerprint density at radius 2 is 1.07 bits per heavy atom. The van der Waals surface area contributed by atoms with E-state index < -0.39 is 50.4 Å². The Morgan fingerprint density at radius 3 is 1.41 bits per heavy atom. The summed E-state index contributed by atoms with van der Waals surface area (Å²) < 4.78 is 4.33. The van der Waals surface area contributed by atoms with Crippen molar-refractivity contribution in [2.75, 3.05) is 0 Å². The molecule has 2 aromatic rings. The van der Waals surface area contributed by atoms with Crippen molar-refractivity contribution in [1.82, 2.24) is 0 Å². The van der Waals surface area contributed by atoms with Crippen LogP contribution in [0.15, 0.2) is 60.7 Å². The molecular weight excluding hydrogens is 618 g/mol. The van der Waals surface area contributed by atoms with Gasteiger partial charge in [-0.25, -0.2) is 0 Å². The average Bonchev–Trinajstić information content (AvgIpc) is 2.75. The Bertz CT molecular complexity index is 610. The molecule has 5 heteroatoms. The van der Waals surface area contributed by atoms with Gasteiger partial charge in [0.1, 0.15) is 0 Å². The fourth-order valence-corrected chi connectivity index (χ4v) is 28.5. The van der Waals surface area contributed by atoms with E-state index in [0.717, 1.165) is 0 Å². The van der Waals surface area contributed by atoms with Gasteiger partial charge in [-0.15, -0.1) is 0 Å². The molecule has 0 aliphatic rings. The second-order valence-electron chi connectivity index (χ2n) is 8.11. The Balaban J connectivity index is 2.36. The van der Waals surface area contributed by atoms with Crippen LogP contribution in [0.3, 0.4) is 0 Å². The first-order valence-electron chi connectivity index (χ1n) is 11.3. The molecule has 0 aliphatic heterocycles. The van der Waals surface area contributed by atoms with Gasteiger partial charge in [-0.05, 0) is 0 Å². The molecule has 2 radical (unpaired) electrons. The number of rotatable bonds is 14. The fourth-order valence-electron chi connectivity index (χ4n) is 4.15. The molecule has 2 atom stereocenters. The number of unbranched alkanes of at least 4 members (excludes halogenated alkanes) is 2. The van der Waals surface area contributed by atoms with Crippen molar-refractivity contribution < 1.29 is 0 Å². The maximum atomic E-state index is 5.21. The summed E-state index contributed by atoms with van der Waals surface area (Å²) in [4.78, 5) is 0. The fraction of sp³-hybridized carbons (Fsp3) is 0.500. The van der Waals surface area contributed by atoms with Crippen LogP contribution in [0.25, 0.3) is 0 Å². The van der Waals surface area contributed by atoms with Gasteiger partial charge in [-0.3, -0.25) is 0 Å². The molecule has 0 spiro atoms. The van der Waals surface area contributed by atoms with Crippen molar-refractivity contribution in [1.29, 1.82) is 0 Å². The van der Waals surface area contributed by atoms with Crippen LogP contribution in [-0.4, -0.2) is 56.9 Å². The molecule has 2 rings (SSSR count). The van der Waals surface area contributed by atoms with Crippen molar-refractivity contribution in [3.05, 3.63) is 60.7 Å². The first kappa shape index (κ1) is 26.2. The topological polar surface area (TPSA) is 0 Å². The van der Waals surface area contributed by atoms with Crippen LogP contribution in [0.2, 0.25) is 21.0 Å². The van der Waals surface area contributed by atoms with Crippen LogP contribution < -0.4 is 10.4 Å². The van der Waals surface area contributed by atoms with Crippen molar-refractivity contribution in [2.24, 2.45) is 0 Å². The third kappa shape index (κ3) is 8.78. The molecule has 2 unspecified atom stereocenters. The Labute approximate surface area is 211 Å². The van der Waals surface area contributed by atoms with Crippen LogP contribution in [0.1, 0.15) is 39.5 Å². The first-order valence-corrected chi connectivity index (χ1v) is 23.2. The van der Waals surface area contributed by atoms with Gasteiger partial charge in [0.25, 0.3) is 0 Å². The quantitative estimate of drug-likeness (QED) is 0.159. The summed E-state index contributed by atoms with van der Waals surface area (Å²) in [5.74, 6) is 0. The van der Waals surface area contributed by atoms with E-state index in [9.17, 15) is 0 Å². The molecule has 0 amide bonds. The summed E-state index contributed by atoms with van der Waals surface area (Å²) in [5.41, 5.74) is 0. The van der Waals surface area contributed by atoms with E-state index in [0.29, 0.717) is 6.53 Å². The molecule has 0 saturated heterocycles. The van der Waals surface area contributed by atoms with E-state index >= 15 is 0 Å². The second kappa shape index (κ2) is 14.9. The van der Waals surface area contributed by atoms with Crippen LogP contribution >= 0.6 is 25.3 Å². The third-order valence-electron chi connectivity index (χ3n) is 5.76. The summed E-state index contributed by atoms with van der Waals surface area (Å²) in [5, 5.41) is 3.22. The second-order valence-corrected chi connectivity index (χ2v) is 27.4. The van der Waals surface area contributed by atoms with Crippen LogP contribution in [-0.2, 0) is 0 Å². The summed E-state index contributed by atoms with van der Waals surface area (Å²) in [6.45, 7) is 4.63. The van der Waals surface area contributed by atoms with Crippen molar-refractivity contribution in [3.8, 4) is 0 Å². The molecule has 0 aliphatic carbocycles. The van der Waals surface area contributed by atoms with Crippen molar-refractivity contribution in [2.45, 2.75) is 67.0 Å². The van der Waals surface area contributed by atoms with Gasteiger partial charge in [-0.2, -0.15) is 0 Å². The normalized spacial score (nSPS) is 13.9. The predicted octanol–water partition coefficient (Wildman–Crippen LogP) is 5.07. The molecular formula is C24H38S2SiSn2. The van der Waals surface area contributed by atoms with E-state index in [4.69, 9.17) is 25.3 Å². The average molecular weight is 656 g/mol. The Hall–Kier alpha value is 0.954. The zero-order valence-electron chi connectivity index (χ0n) is 18.1. The van der Waals surface area contributed by atoms with Gasteiger partial charge >= 0.3 is 214 Å². The number of hydrogen-bond acceptors (Lipinski definition) is 2. The zero-order chi connectivity index (χ0) is 21.0. The minimum absolute atomic E-state index is 0.631. The molecule has 29 heavy (non-hydrogen) atoms. The van der Waals surface area contributed by atoms with Crippen molar-refractivity contribution >= 4 is 86.0 Å². The molecule has 0 N–H and O–H groups in total. The first-order chi connectivity index (χ1) is 14.1. The predicted molar refractivity (Wildman–Crippen MR) is 147 cm³/mol. The van der Waals surface area contributed by atoms with E-state index in [1.165, 1.54) is 46.6 Å². The number of benzene rings is 2. The van der Waals surface area contributed by atoms with Gasteiger partial charge in [0.15, 0.2) is 0 Å². The summed E-state index contributed by atoms with van der Waals surface area (Å²) in [6, 6.07) is 25.6. The molecule has 0 nitrogen and oxygen atoms in total. The molecule has 0 bridgehead atoms. The van der Waals surface area contributed by atoms with E-state index in [1.807, 2.05) is 0 Å². The van der Waals surface area contributed by atoms with Gasteiger partial charge in [0.2, 0.25) is 0 Å². The summed E-state index contributed by atoms with van der Waals surface area (Å²) in [7, 11) is -1.85. The van der Waals surface area contributed by atoms with Crippen molar-refractivity contribution in [3.63, 3.8) is 0 Å². The molecule has 0 saturated carbocycles. The standard InChI is InChI=1S/C16H18S2Si.2C4H9.2Sn.2H/c17-11-13-19(14-12-18,15-7-3-1-4-8-15)16-9-5-2-6-10-16;2*1-3-4-2;;;;/h1-12,17-18H,13-14H2;2*1,3-4H2,2H3;;;;. The summed E-state index contributed by atoms with van der Waals surface area (Å²) >= 11 is 9.17. The van der Waals surface area contributed by atoms with Crippen LogP contribution in [0.4, 0.5) is 0 Å². The molecule has 158 valence electrons. The number of thiol groups is 2. The Kier molecular flexibility index (Phi) is 13.5. The number of hydrogen-bond donors (Lipinski definition) is 2. The molecule has 0 aromatic heterocycles. The maximum absolute atomic E-state index is 5.21. The van der Waals surface area contributed by atoms with E-state index in [1.54, 1.807) is 10.4 Å². The van der Waals surface area contributed by atoms with E-state index in [2.05, 4.69) is 74.5 Å². The molecule has 0 fully saturated rings. The third-order valence-corrected chi connectivity index (χ3v) is 26.2. The minimum atomic E-state index is -1.85. The monoisotopic (exact) mass is 658 g/mol. The Morgan fingerprint density at radius 1 is 0.690 bits per heavy atom. The van der Waals surface area contributed by atoms with Crippen LogP contribution in [0.5, 0.6) is 0 Å². The van der Waals surface area contributed by atoms with Gasteiger partial charge < -0.3 is 0 Å². The zero-order valence-corrected chi connectivity index (χ0v) is 27.5. The molecule has 0 heterocycles. The van der Waals surface area contributed by atoms with Crippen LogP contribution in [0, 0.1) is 0 Å². The van der Waals surface area contributed by atoms with Gasteiger partial charge in [-0.1, -0.05) is 0 Å². The van der Waals surface area contributed by atoms with Gasteiger partial charge in [0, 0.05) is 0 Å². The summed E-state index contributed by atoms with van der Waals surface area (Å²) in [6.07, 6.45) is 5.47.